The Balaban J connectivity index is 1.75. The molecule has 33 heavy (non-hydrogen) atoms. The van der Waals surface area contributed by atoms with Gasteiger partial charge in [0.2, 0.25) is 0 Å². The van der Waals surface area contributed by atoms with E-state index in [0.29, 0.717) is 0 Å². The summed E-state index contributed by atoms with van der Waals surface area (Å²) in [7, 11) is 3.74. The molecule has 0 saturated carbocycles. The van der Waals surface area contributed by atoms with Gasteiger partial charge in [-0.05, 0) is 38.1 Å². The number of rotatable bonds is 0. The van der Waals surface area contributed by atoms with Crippen LogP contribution >= 0.6 is 34.0 Å². The van der Waals surface area contributed by atoms with Gasteiger partial charge in [-0.15, -0.1) is 34.0 Å². The highest BCUT2D eigenvalue weighted by Gasteiger charge is 2.24. The average Bonchev–Trinajstić information content (AvgIpc) is 3.57. The Bertz CT molecular complexity index is 2080. The van der Waals surface area contributed by atoms with Gasteiger partial charge < -0.3 is 0 Å². The molecule has 0 saturated heterocycles. The zero-order valence-corrected chi connectivity index (χ0v) is 20.7. The number of benzene rings is 1. The molecule has 0 aliphatic carbocycles. The van der Waals surface area contributed by atoms with Crippen LogP contribution < -0.4 is 11.0 Å². The Hall–Kier alpha value is -3.14. The molecule has 0 bridgehead atoms. The van der Waals surface area contributed by atoms with E-state index in [2.05, 4.69) is 46.9 Å². The molecule has 1 aromatic carbocycles. The van der Waals surface area contributed by atoms with E-state index >= 15 is 0 Å². The lowest BCUT2D eigenvalue weighted by Gasteiger charge is -2.07. The second-order valence-corrected chi connectivity index (χ2v) is 11.9. The van der Waals surface area contributed by atoms with Gasteiger partial charge in [0.25, 0.3) is 0 Å². The maximum atomic E-state index is 5.09. The van der Waals surface area contributed by atoms with Crippen LogP contribution in [0, 0.1) is 13.8 Å². The van der Waals surface area contributed by atoms with Crippen LogP contribution in [0.5, 0.6) is 0 Å². The maximum absolute atomic E-state index is 5.09. The number of aromatic nitrogens is 4. The van der Waals surface area contributed by atoms with Crippen molar-refractivity contribution in [1.82, 2.24) is 18.8 Å². The summed E-state index contributed by atoms with van der Waals surface area (Å²) in [6.07, 6.45) is 0. The van der Waals surface area contributed by atoms with Gasteiger partial charge in [0.05, 0.1) is 20.4 Å². The molecule has 6 nitrogen and oxygen atoms in total. The summed E-state index contributed by atoms with van der Waals surface area (Å²) in [6, 6.07) is 8.85. The zero-order valence-electron chi connectivity index (χ0n) is 18.2. The van der Waals surface area contributed by atoms with Gasteiger partial charge in [-0.3, -0.25) is 18.8 Å². The molecule has 8 aromatic rings. The molecule has 0 radical (unpaired) electrons. The lowest BCUT2D eigenvalue weighted by Crippen LogP contribution is -2.17. The van der Waals surface area contributed by atoms with Crippen molar-refractivity contribution >= 4 is 96.9 Å². The van der Waals surface area contributed by atoms with Crippen LogP contribution in [0.4, 0.5) is 0 Å². The first-order valence-electron chi connectivity index (χ1n) is 10.6. The number of hydrogen-bond donors (Lipinski definition) is 0. The Labute approximate surface area is 198 Å². The Morgan fingerprint density at radius 1 is 0.697 bits per heavy atom. The fourth-order valence-electron chi connectivity index (χ4n) is 5.36. The molecular weight excluding hydrogens is 469 g/mol. The van der Waals surface area contributed by atoms with Crippen molar-refractivity contribution < 1.29 is 0 Å². The molecule has 0 unspecified atom stereocenters. The summed E-state index contributed by atoms with van der Waals surface area (Å²) >= 11 is 5.26. The van der Waals surface area contributed by atoms with Gasteiger partial charge in [0.1, 0.15) is 20.6 Å². The Kier molecular flexibility index (Phi) is 3.25. The second-order valence-electron chi connectivity index (χ2n) is 8.40. The van der Waals surface area contributed by atoms with Gasteiger partial charge >= 0.3 is 0 Å². The molecule has 7 heterocycles. The number of nitrogens with zero attached hydrogens (tertiary/aromatic N) is 6. The zero-order chi connectivity index (χ0) is 22.2. The maximum Gasteiger partial charge on any atom is 0.158 e. The average molecular weight is 485 g/mol. The molecule has 8 rings (SSSR count). The lowest BCUT2D eigenvalue weighted by atomic mass is 10.0. The minimum Gasteiger partial charge on any atom is -0.274 e. The highest BCUT2D eigenvalue weighted by molar-refractivity contribution is 7.27. The molecule has 7 aromatic heterocycles. The van der Waals surface area contributed by atoms with Crippen molar-refractivity contribution in [3.8, 4) is 0 Å². The molecule has 0 fully saturated rings. The van der Waals surface area contributed by atoms with Crippen LogP contribution in [-0.4, -0.2) is 32.9 Å². The number of fused-ring (bicyclic) bond motifs is 8. The van der Waals surface area contributed by atoms with E-state index in [0.717, 1.165) is 53.7 Å². The van der Waals surface area contributed by atoms with Gasteiger partial charge in [-0.2, -0.15) is 0 Å². The quantitative estimate of drug-likeness (QED) is 0.267. The molecule has 9 heteroatoms. The highest BCUT2D eigenvalue weighted by Crippen LogP contribution is 2.43. The first kappa shape index (κ1) is 18.3. The number of aryl methyl sites for hydroxylation is 2. The molecule has 0 amide bonds. The smallest absolute Gasteiger partial charge is 0.158 e. The summed E-state index contributed by atoms with van der Waals surface area (Å²) < 4.78 is 6.85. The fraction of sp³-hybridized carbons (Fsp3) is 0.167. The molecule has 160 valence electrons. The van der Waals surface area contributed by atoms with E-state index in [1.807, 2.05) is 14.1 Å². The van der Waals surface area contributed by atoms with Crippen molar-refractivity contribution in [2.75, 3.05) is 14.1 Å². The third-order valence-electron chi connectivity index (χ3n) is 6.55. The minimum atomic E-state index is 0.953. The molecule has 0 aliphatic rings. The summed E-state index contributed by atoms with van der Waals surface area (Å²) in [5.41, 5.74) is 6.14. The third kappa shape index (κ3) is 2.01. The van der Waals surface area contributed by atoms with Crippen LogP contribution in [0.1, 0.15) is 9.75 Å². The first-order valence-corrected chi connectivity index (χ1v) is 13.1. The minimum absolute atomic E-state index is 0.953. The predicted molar refractivity (Wildman–Crippen MR) is 140 cm³/mol. The van der Waals surface area contributed by atoms with Gasteiger partial charge in [0, 0.05) is 45.4 Å². The van der Waals surface area contributed by atoms with E-state index in [4.69, 9.17) is 20.0 Å². The van der Waals surface area contributed by atoms with Gasteiger partial charge in [-0.25, -0.2) is 9.97 Å². The number of hydrogen-bond acceptors (Lipinski definition) is 7. The topological polar surface area (TPSA) is 59.3 Å². The Morgan fingerprint density at radius 2 is 1.15 bits per heavy atom. The molecule has 0 aliphatic heterocycles. The summed E-state index contributed by atoms with van der Waals surface area (Å²) in [6.45, 7) is 4.27. The van der Waals surface area contributed by atoms with Crippen LogP contribution in [0.2, 0.25) is 0 Å². The fourth-order valence-corrected chi connectivity index (χ4v) is 8.37. The van der Waals surface area contributed by atoms with E-state index in [1.54, 1.807) is 34.0 Å². The molecule has 0 N–H and O–H groups in total. The van der Waals surface area contributed by atoms with Gasteiger partial charge in [-0.1, -0.05) is 0 Å². The summed E-state index contributed by atoms with van der Waals surface area (Å²) in [5, 5.41) is 4.75. The summed E-state index contributed by atoms with van der Waals surface area (Å²) in [5.74, 6) is 0. The van der Waals surface area contributed by atoms with E-state index in [1.165, 1.54) is 29.9 Å². The normalized spacial score (nSPS) is 14.4. The van der Waals surface area contributed by atoms with Crippen molar-refractivity contribution in [2.24, 2.45) is 9.98 Å². The summed E-state index contributed by atoms with van der Waals surface area (Å²) in [4.78, 5) is 24.3. The highest BCUT2D eigenvalue weighted by atomic mass is 32.1. The van der Waals surface area contributed by atoms with E-state index in [9.17, 15) is 0 Å². The van der Waals surface area contributed by atoms with Crippen LogP contribution in [0.3, 0.4) is 0 Å². The molecule has 0 spiro atoms. The number of imidazole rings is 2. The number of thiophene rings is 3. The van der Waals surface area contributed by atoms with Crippen molar-refractivity contribution in [1.29, 1.82) is 0 Å². The largest absolute Gasteiger partial charge is 0.274 e. The van der Waals surface area contributed by atoms with Crippen LogP contribution in [0.15, 0.2) is 34.3 Å². The van der Waals surface area contributed by atoms with Crippen molar-refractivity contribution in [3.05, 3.63) is 45.0 Å². The molecule has 0 atom stereocenters. The standard InChI is InChI=1S/C24H16N6S3/c1-9-7-13-23(31-9)27-21-17-15-11(19(25-3)29(13)21)5-6-12-16(15)18(33-17)22-28-24-14(8-10(2)32-24)30(22)20(12)26-4/h5-8H,1-4H3/b25-19-,26-20-. The van der Waals surface area contributed by atoms with E-state index in [-0.39, 0.29) is 0 Å². The molecular formula is C24H16N6S3. The first-order chi connectivity index (χ1) is 16.1. The van der Waals surface area contributed by atoms with Crippen molar-refractivity contribution in [2.45, 2.75) is 13.8 Å². The number of pyridine rings is 2. The van der Waals surface area contributed by atoms with E-state index < -0.39 is 0 Å². The van der Waals surface area contributed by atoms with Crippen LogP contribution in [-0.2, 0) is 0 Å². The predicted octanol–water partition coefficient (Wildman–Crippen LogP) is 5.49. The Morgan fingerprint density at radius 3 is 1.58 bits per heavy atom. The third-order valence-corrected chi connectivity index (χ3v) is 9.60. The second kappa shape index (κ2) is 5.85. The van der Waals surface area contributed by atoms with Crippen molar-refractivity contribution in [3.63, 3.8) is 0 Å². The van der Waals surface area contributed by atoms with Crippen LogP contribution in [0.25, 0.3) is 62.9 Å². The monoisotopic (exact) mass is 484 g/mol. The van der Waals surface area contributed by atoms with Gasteiger partial charge in [0.15, 0.2) is 11.3 Å². The lowest BCUT2D eigenvalue weighted by molar-refractivity contribution is 1.09. The SMILES string of the molecule is C/N=c1/c2ccc3/c(=N/C)n4c5cc(C)sc5nc4c4sc(c2c34)c2nc3sc(C)cc3n12.